The first-order valence-electron chi connectivity index (χ1n) is 12.9. The molecule has 0 radical (unpaired) electrons. The van der Waals surface area contributed by atoms with Gasteiger partial charge in [-0.15, -0.1) is 0 Å². The maximum Gasteiger partial charge on any atom is 0.227 e. The monoisotopic (exact) mass is 614 g/mol. The highest BCUT2D eigenvalue weighted by atomic mass is 16.3. The van der Waals surface area contributed by atoms with Crippen LogP contribution in [0.2, 0.25) is 0 Å². The van der Waals surface area contributed by atoms with Crippen molar-refractivity contribution in [1.82, 2.24) is 9.88 Å². The highest BCUT2D eigenvalue weighted by Gasteiger charge is 2.71. The molecular weight excluding hydrogens is 580 g/mol. The molecule has 0 saturated heterocycles. The number of aromatic hydroxyl groups is 1. The van der Waals surface area contributed by atoms with Gasteiger partial charge in [0.1, 0.15) is 5.75 Å². The SMILES string of the molecule is CC(=O)c1[nH]c2c(C(C)=O)c(C(C)=O)c(O)c(C(C)=O)c2c1C(C(C)=O)(C(C)=O)C(C(C)=O)(C(C)=O)N(C(C)=O)C(C)=O.O. The molecule has 0 bridgehead atoms. The summed E-state index contributed by atoms with van der Waals surface area (Å²) < 4.78 is 0. The highest BCUT2D eigenvalue weighted by Crippen LogP contribution is 2.50. The third-order valence-electron chi connectivity index (χ3n) is 7.59. The fraction of sp³-hybridized carbons (Fsp3) is 0.400. The molecule has 44 heavy (non-hydrogen) atoms. The Labute approximate surface area is 251 Å². The third-order valence-corrected chi connectivity index (χ3v) is 7.59. The second-order valence-electron chi connectivity index (χ2n) is 10.4. The van der Waals surface area contributed by atoms with Crippen LogP contribution in [0.25, 0.3) is 10.9 Å². The molecule has 0 saturated carbocycles. The van der Waals surface area contributed by atoms with Gasteiger partial charge in [-0.2, -0.15) is 0 Å². The molecule has 236 valence electrons. The van der Waals surface area contributed by atoms with E-state index in [0.29, 0.717) is 0 Å². The average Bonchev–Trinajstić information content (AvgIpc) is 3.20. The summed E-state index contributed by atoms with van der Waals surface area (Å²) in [5.41, 5.74) is -10.2. The zero-order valence-electron chi connectivity index (χ0n) is 26.0. The van der Waals surface area contributed by atoms with Gasteiger partial charge in [0, 0.05) is 31.7 Å². The van der Waals surface area contributed by atoms with E-state index in [1.54, 1.807) is 0 Å². The lowest BCUT2D eigenvalue weighted by Crippen LogP contribution is -2.76. The number of H-pyrrole nitrogens is 1. The van der Waals surface area contributed by atoms with Gasteiger partial charge in [-0.1, -0.05) is 0 Å². The molecule has 2 amide bonds. The Bertz CT molecular complexity index is 1680. The molecule has 0 spiro atoms. The molecule has 0 fully saturated rings. The van der Waals surface area contributed by atoms with E-state index in [2.05, 4.69) is 4.98 Å². The van der Waals surface area contributed by atoms with Crippen LogP contribution in [0.1, 0.15) is 116 Å². The summed E-state index contributed by atoms with van der Waals surface area (Å²) in [6, 6.07) is 0. The molecule has 0 atom stereocenters. The summed E-state index contributed by atoms with van der Waals surface area (Å²) >= 11 is 0. The van der Waals surface area contributed by atoms with E-state index in [1.807, 2.05) is 0 Å². The molecule has 0 aliphatic rings. The van der Waals surface area contributed by atoms with Crippen molar-refractivity contribution in [3.8, 4) is 5.75 Å². The maximum absolute atomic E-state index is 14.0. The van der Waals surface area contributed by atoms with Crippen LogP contribution in [-0.2, 0) is 34.2 Å². The number of phenols is 1. The van der Waals surface area contributed by atoms with Crippen LogP contribution in [0, 0.1) is 0 Å². The lowest BCUT2D eigenvalue weighted by molar-refractivity contribution is -0.169. The Morgan fingerprint density at radius 3 is 1.23 bits per heavy atom. The quantitative estimate of drug-likeness (QED) is 0.272. The van der Waals surface area contributed by atoms with Gasteiger partial charge in [0.25, 0.3) is 0 Å². The number of fused-ring (bicyclic) bond motifs is 1. The molecule has 14 nitrogen and oxygen atoms in total. The smallest absolute Gasteiger partial charge is 0.227 e. The normalized spacial score (nSPS) is 11.3. The summed E-state index contributed by atoms with van der Waals surface area (Å²) in [6.07, 6.45) is 0. The van der Waals surface area contributed by atoms with Gasteiger partial charge in [-0.25, -0.2) is 0 Å². The number of amides is 2. The molecule has 0 unspecified atom stereocenters. The van der Waals surface area contributed by atoms with Crippen LogP contribution in [-0.4, -0.2) is 84.1 Å². The first-order valence-corrected chi connectivity index (χ1v) is 12.9. The summed E-state index contributed by atoms with van der Waals surface area (Å²) in [5, 5.41) is 10.7. The number of carbonyl (C=O) groups excluding carboxylic acids is 10. The van der Waals surface area contributed by atoms with Crippen molar-refractivity contribution in [3.05, 3.63) is 27.9 Å². The first kappa shape index (κ1) is 37.0. The number of carbonyl (C=O) groups is 10. The summed E-state index contributed by atoms with van der Waals surface area (Å²) in [7, 11) is 0. The number of rotatable bonds is 11. The lowest BCUT2D eigenvalue weighted by atomic mass is 9.55. The fourth-order valence-electron chi connectivity index (χ4n) is 6.34. The Morgan fingerprint density at radius 1 is 0.568 bits per heavy atom. The largest absolute Gasteiger partial charge is 0.506 e. The molecule has 0 aliphatic heterocycles. The van der Waals surface area contributed by atoms with E-state index in [9.17, 15) is 53.1 Å². The van der Waals surface area contributed by atoms with Gasteiger partial charge in [-0.05, 0) is 48.5 Å². The minimum absolute atomic E-state index is 0. The number of aromatic nitrogens is 1. The van der Waals surface area contributed by atoms with E-state index in [-0.39, 0.29) is 10.4 Å². The minimum atomic E-state index is -3.25. The zero-order valence-corrected chi connectivity index (χ0v) is 26.0. The Balaban J connectivity index is 0.00000968. The van der Waals surface area contributed by atoms with Crippen LogP contribution in [0.4, 0.5) is 0 Å². The predicted octanol–water partition coefficient (Wildman–Crippen LogP) is 1.59. The molecule has 1 heterocycles. The number of Topliss-reactive ketones (excluding diaryl/α,β-unsaturated/α-hetero) is 8. The van der Waals surface area contributed by atoms with Crippen molar-refractivity contribution in [2.24, 2.45) is 0 Å². The van der Waals surface area contributed by atoms with Gasteiger partial charge in [-0.3, -0.25) is 52.8 Å². The van der Waals surface area contributed by atoms with Crippen LogP contribution in [0.15, 0.2) is 0 Å². The fourth-order valence-corrected chi connectivity index (χ4v) is 6.34. The molecular formula is C30H34N2O12. The number of nitrogens with one attached hydrogen (secondary N) is 1. The van der Waals surface area contributed by atoms with E-state index in [1.165, 1.54) is 0 Å². The number of nitrogens with zero attached hydrogens (tertiary/aromatic N) is 1. The highest BCUT2D eigenvalue weighted by molar-refractivity contribution is 6.33. The second kappa shape index (κ2) is 12.3. The molecule has 1 aromatic carbocycles. The van der Waals surface area contributed by atoms with Gasteiger partial charge in [0.2, 0.25) is 11.8 Å². The van der Waals surface area contributed by atoms with E-state index < -0.39 is 114 Å². The van der Waals surface area contributed by atoms with Crippen LogP contribution in [0.5, 0.6) is 5.75 Å². The number of phenolic OH excluding ortho intramolecular Hbond substituents is 1. The van der Waals surface area contributed by atoms with Crippen LogP contribution < -0.4 is 0 Å². The molecule has 2 rings (SSSR count). The number of hydrogen-bond donors (Lipinski definition) is 2. The third kappa shape index (κ3) is 4.80. The molecule has 4 N–H and O–H groups in total. The predicted molar refractivity (Wildman–Crippen MR) is 154 cm³/mol. The molecule has 1 aromatic heterocycles. The average molecular weight is 615 g/mol. The lowest BCUT2D eigenvalue weighted by Gasteiger charge is -2.49. The van der Waals surface area contributed by atoms with Crippen molar-refractivity contribution in [3.63, 3.8) is 0 Å². The van der Waals surface area contributed by atoms with Crippen molar-refractivity contribution in [2.45, 2.75) is 80.2 Å². The van der Waals surface area contributed by atoms with Crippen LogP contribution in [0.3, 0.4) is 0 Å². The minimum Gasteiger partial charge on any atom is -0.506 e. The number of aromatic amines is 1. The summed E-state index contributed by atoms with van der Waals surface area (Å²) in [6.45, 7) is 8.64. The number of hydrogen-bond acceptors (Lipinski definition) is 11. The van der Waals surface area contributed by atoms with Gasteiger partial charge < -0.3 is 15.6 Å². The van der Waals surface area contributed by atoms with Gasteiger partial charge in [0.15, 0.2) is 57.2 Å². The second-order valence-corrected chi connectivity index (χ2v) is 10.4. The number of ketones is 8. The standard InChI is InChI=1S/C30H32N2O11.H2O/c1-11(33)21-22(12(2)34)28(43)23(13(3)35)24-25(26(14(4)36)31-27(21)24)29(15(5)37,16(6)38)30(17(7)39,18(8)40)32(19(9)41)20(10)42;/h31,43H,1-10H3;1H2. The Hall–Kier alpha value is -4.98. The van der Waals surface area contributed by atoms with Gasteiger partial charge >= 0.3 is 0 Å². The van der Waals surface area contributed by atoms with Crippen molar-refractivity contribution in [1.29, 1.82) is 0 Å². The number of imide groups is 1. The van der Waals surface area contributed by atoms with Gasteiger partial charge in [0.05, 0.1) is 27.9 Å². The maximum atomic E-state index is 14.0. The Kier molecular flexibility index (Phi) is 10.4. The first-order chi connectivity index (χ1) is 19.6. The summed E-state index contributed by atoms with van der Waals surface area (Å²) in [5.74, 6) is -12.3. The molecule has 14 heteroatoms. The van der Waals surface area contributed by atoms with Crippen molar-refractivity contribution >= 4 is 69.0 Å². The van der Waals surface area contributed by atoms with E-state index in [0.717, 1.165) is 69.2 Å². The molecule has 2 aromatic rings. The molecule has 0 aliphatic carbocycles. The summed E-state index contributed by atoms with van der Waals surface area (Å²) in [4.78, 5) is 136. The van der Waals surface area contributed by atoms with Crippen LogP contribution >= 0.6 is 0 Å². The topological polar surface area (TPSA) is 241 Å². The van der Waals surface area contributed by atoms with E-state index in [4.69, 9.17) is 0 Å². The van der Waals surface area contributed by atoms with Crippen molar-refractivity contribution < 1.29 is 58.5 Å². The number of benzene rings is 1. The van der Waals surface area contributed by atoms with E-state index >= 15 is 0 Å². The zero-order chi connectivity index (χ0) is 33.7. The van der Waals surface area contributed by atoms with Crippen molar-refractivity contribution in [2.75, 3.05) is 0 Å². The Morgan fingerprint density at radius 2 is 0.955 bits per heavy atom.